The second-order valence-corrected chi connectivity index (χ2v) is 6.13. The second-order valence-electron chi connectivity index (χ2n) is 5.22. The molecule has 0 heterocycles. The fraction of sp³-hybridized carbons (Fsp3) is 0.500. The van der Waals surface area contributed by atoms with Crippen LogP contribution >= 0.6 is 15.9 Å². The normalized spacial score (nSPS) is 16.4. The van der Waals surface area contributed by atoms with Crippen molar-refractivity contribution in [3.8, 4) is 0 Å². The van der Waals surface area contributed by atoms with Crippen LogP contribution in [0.25, 0.3) is 0 Å². The van der Waals surface area contributed by atoms with E-state index in [1.165, 1.54) is 11.1 Å². The topological polar surface area (TPSA) is 46.3 Å². The quantitative estimate of drug-likeness (QED) is 0.928. The van der Waals surface area contributed by atoms with Gasteiger partial charge in [-0.1, -0.05) is 22.0 Å². The maximum atomic E-state index is 12.3. The number of benzene rings is 1. The molecule has 3 nitrogen and oxygen atoms in total. The minimum absolute atomic E-state index is 0.185. The lowest BCUT2D eigenvalue weighted by atomic mass is 10.0. The van der Waals surface area contributed by atoms with Gasteiger partial charge in [-0.05, 0) is 43.0 Å². The first-order valence-corrected chi connectivity index (χ1v) is 6.98. The summed E-state index contributed by atoms with van der Waals surface area (Å²) in [5.41, 5.74) is 7.82. The number of carbonyl (C=O) groups excluding carboxylic acids is 1. The Bertz CT molecular complexity index is 469. The maximum Gasteiger partial charge on any atom is 0.230 e. The standard InChI is InChI=1S/C14H19BrN2O/c1-10-3-4-12(15)7-11(10)8-17(2)13(18)14(9-16)5-6-14/h3-4,7H,5-6,8-9,16H2,1-2H3. The molecule has 0 aromatic heterocycles. The Kier molecular flexibility index (Phi) is 3.78. The number of hydrogen-bond acceptors (Lipinski definition) is 2. The van der Waals surface area contributed by atoms with Gasteiger partial charge < -0.3 is 10.6 Å². The van der Waals surface area contributed by atoms with E-state index in [1.807, 2.05) is 13.1 Å². The second kappa shape index (κ2) is 5.02. The number of rotatable bonds is 4. The Balaban J connectivity index is 2.09. The Morgan fingerprint density at radius 3 is 2.72 bits per heavy atom. The summed E-state index contributed by atoms with van der Waals surface area (Å²) in [5, 5.41) is 0. The van der Waals surface area contributed by atoms with Gasteiger partial charge in [0.2, 0.25) is 5.91 Å². The van der Waals surface area contributed by atoms with E-state index in [2.05, 4.69) is 35.0 Å². The molecule has 1 aliphatic rings. The van der Waals surface area contributed by atoms with Crippen molar-refractivity contribution >= 4 is 21.8 Å². The molecule has 1 aromatic rings. The van der Waals surface area contributed by atoms with Crippen molar-refractivity contribution in [1.29, 1.82) is 0 Å². The number of nitrogens with zero attached hydrogens (tertiary/aromatic N) is 1. The van der Waals surface area contributed by atoms with Crippen LogP contribution in [0.2, 0.25) is 0 Å². The predicted molar refractivity (Wildman–Crippen MR) is 76.1 cm³/mol. The number of amides is 1. The molecule has 98 valence electrons. The molecular weight excluding hydrogens is 292 g/mol. The number of carbonyl (C=O) groups is 1. The average Bonchev–Trinajstić information content (AvgIpc) is 3.14. The molecule has 0 aliphatic heterocycles. The molecule has 0 atom stereocenters. The molecule has 0 spiro atoms. The summed E-state index contributed by atoms with van der Waals surface area (Å²) in [7, 11) is 1.86. The Labute approximate surface area is 116 Å². The minimum Gasteiger partial charge on any atom is -0.341 e. The fourth-order valence-electron chi connectivity index (χ4n) is 2.20. The monoisotopic (exact) mass is 310 g/mol. The van der Waals surface area contributed by atoms with Gasteiger partial charge in [0.25, 0.3) is 0 Å². The van der Waals surface area contributed by atoms with Crippen molar-refractivity contribution in [2.45, 2.75) is 26.3 Å². The van der Waals surface area contributed by atoms with Gasteiger partial charge in [0, 0.05) is 24.6 Å². The van der Waals surface area contributed by atoms with E-state index in [0.29, 0.717) is 13.1 Å². The number of halogens is 1. The van der Waals surface area contributed by atoms with Crippen LogP contribution in [-0.2, 0) is 11.3 Å². The number of hydrogen-bond donors (Lipinski definition) is 1. The zero-order chi connectivity index (χ0) is 13.3. The van der Waals surface area contributed by atoms with E-state index in [0.717, 1.165) is 17.3 Å². The van der Waals surface area contributed by atoms with Crippen LogP contribution in [0.5, 0.6) is 0 Å². The predicted octanol–water partition coefficient (Wildman–Crippen LogP) is 2.45. The molecular formula is C14H19BrN2O. The van der Waals surface area contributed by atoms with Crippen molar-refractivity contribution in [2.24, 2.45) is 11.1 Å². The first-order chi connectivity index (χ1) is 8.48. The van der Waals surface area contributed by atoms with Gasteiger partial charge >= 0.3 is 0 Å². The molecule has 1 aromatic carbocycles. The zero-order valence-electron chi connectivity index (χ0n) is 10.9. The summed E-state index contributed by atoms with van der Waals surface area (Å²) in [6.07, 6.45) is 1.87. The van der Waals surface area contributed by atoms with Crippen molar-refractivity contribution in [3.63, 3.8) is 0 Å². The molecule has 1 fully saturated rings. The van der Waals surface area contributed by atoms with E-state index in [1.54, 1.807) is 4.90 Å². The van der Waals surface area contributed by atoms with E-state index < -0.39 is 0 Å². The van der Waals surface area contributed by atoms with Gasteiger partial charge in [-0.25, -0.2) is 0 Å². The van der Waals surface area contributed by atoms with Gasteiger partial charge in [0.1, 0.15) is 0 Å². The summed E-state index contributed by atoms with van der Waals surface area (Å²) in [6.45, 7) is 3.18. The fourth-order valence-corrected chi connectivity index (χ4v) is 2.61. The molecule has 2 rings (SSSR count). The summed E-state index contributed by atoms with van der Waals surface area (Å²) >= 11 is 3.47. The molecule has 1 aliphatic carbocycles. The third-order valence-corrected chi connectivity index (χ3v) is 4.26. The third-order valence-electron chi connectivity index (χ3n) is 3.76. The Morgan fingerprint density at radius 2 is 2.17 bits per heavy atom. The molecule has 0 unspecified atom stereocenters. The first-order valence-electron chi connectivity index (χ1n) is 6.19. The maximum absolute atomic E-state index is 12.3. The lowest BCUT2D eigenvalue weighted by molar-refractivity contribution is -0.135. The van der Waals surface area contributed by atoms with Crippen LogP contribution < -0.4 is 5.73 Å². The minimum atomic E-state index is -0.255. The Hall–Kier alpha value is -0.870. The molecule has 1 amide bonds. The van der Waals surface area contributed by atoms with Gasteiger partial charge in [0.15, 0.2) is 0 Å². The summed E-state index contributed by atoms with van der Waals surface area (Å²) in [6, 6.07) is 6.15. The van der Waals surface area contributed by atoms with Crippen LogP contribution in [0.1, 0.15) is 24.0 Å². The van der Waals surface area contributed by atoms with Gasteiger partial charge in [-0.3, -0.25) is 4.79 Å². The van der Waals surface area contributed by atoms with E-state index in [9.17, 15) is 4.79 Å². The van der Waals surface area contributed by atoms with Crippen LogP contribution in [0, 0.1) is 12.3 Å². The summed E-state index contributed by atoms with van der Waals surface area (Å²) in [4.78, 5) is 14.1. The number of aryl methyl sites for hydroxylation is 1. The van der Waals surface area contributed by atoms with Crippen LogP contribution in [-0.4, -0.2) is 24.4 Å². The molecule has 4 heteroatoms. The average molecular weight is 311 g/mol. The van der Waals surface area contributed by atoms with Crippen molar-refractivity contribution in [1.82, 2.24) is 4.90 Å². The molecule has 0 radical (unpaired) electrons. The van der Waals surface area contributed by atoms with Gasteiger partial charge in [0.05, 0.1) is 5.41 Å². The highest BCUT2D eigenvalue weighted by Gasteiger charge is 2.49. The Morgan fingerprint density at radius 1 is 1.50 bits per heavy atom. The molecule has 1 saturated carbocycles. The summed E-state index contributed by atoms with van der Waals surface area (Å²) < 4.78 is 1.05. The van der Waals surface area contributed by atoms with Gasteiger partial charge in [-0.2, -0.15) is 0 Å². The lowest BCUT2D eigenvalue weighted by Crippen LogP contribution is -2.37. The first kappa shape index (κ1) is 13.6. The highest BCUT2D eigenvalue weighted by molar-refractivity contribution is 9.10. The lowest BCUT2D eigenvalue weighted by Gasteiger charge is -2.23. The van der Waals surface area contributed by atoms with Crippen molar-refractivity contribution < 1.29 is 4.79 Å². The largest absolute Gasteiger partial charge is 0.341 e. The highest BCUT2D eigenvalue weighted by Crippen LogP contribution is 2.46. The SMILES string of the molecule is Cc1ccc(Br)cc1CN(C)C(=O)C1(CN)CC1. The van der Waals surface area contributed by atoms with Crippen molar-refractivity contribution in [2.75, 3.05) is 13.6 Å². The van der Waals surface area contributed by atoms with E-state index in [-0.39, 0.29) is 11.3 Å². The van der Waals surface area contributed by atoms with Gasteiger partial charge in [-0.15, -0.1) is 0 Å². The van der Waals surface area contributed by atoms with Crippen LogP contribution in [0.15, 0.2) is 22.7 Å². The zero-order valence-corrected chi connectivity index (χ0v) is 12.5. The molecule has 0 bridgehead atoms. The highest BCUT2D eigenvalue weighted by atomic mass is 79.9. The molecule has 2 N–H and O–H groups in total. The van der Waals surface area contributed by atoms with Crippen LogP contribution in [0.4, 0.5) is 0 Å². The van der Waals surface area contributed by atoms with E-state index >= 15 is 0 Å². The van der Waals surface area contributed by atoms with Crippen LogP contribution in [0.3, 0.4) is 0 Å². The van der Waals surface area contributed by atoms with E-state index in [4.69, 9.17) is 5.73 Å². The smallest absolute Gasteiger partial charge is 0.230 e. The van der Waals surface area contributed by atoms with Crippen molar-refractivity contribution in [3.05, 3.63) is 33.8 Å². The third kappa shape index (κ3) is 2.59. The molecule has 0 saturated heterocycles. The molecule has 18 heavy (non-hydrogen) atoms. The summed E-state index contributed by atoms with van der Waals surface area (Å²) in [5.74, 6) is 0.185. The number of nitrogens with two attached hydrogens (primary N) is 1.